The van der Waals surface area contributed by atoms with E-state index in [1.54, 1.807) is 11.1 Å². The second kappa shape index (κ2) is 7.22. The molecule has 2 rings (SSSR count). The first-order chi connectivity index (χ1) is 10.8. The van der Waals surface area contributed by atoms with Gasteiger partial charge >= 0.3 is 0 Å². The summed E-state index contributed by atoms with van der Waals surface area (Å²) in [5.41, 5.74) is 0.251. The molecule has 2 unspecified atom stereocenters. The molecule has 128 valence electrons. The number of anilines is 1. The molecule has 0 spiro atoms. The lowest BCUT2D eigenvalue weighted by atomic mass is 10.0. The van der Waals surface area contributed by atoms with Gasteiger partial charge in [0.25, 0.3) is 5.91 Å². The first kappa shape index (κ1) is 17.6. The molecule has 1 heterocycles. The van der Waals surface area contributed by atoms with Crippen LogP contribution >= 0.6 is 0 Å². The number of aromatic nitrogens is 2. The molecule has 1 aliphatic rings. The topological polar surface area (TPSA) is 104 Å². The van der Waals surface area contributed by atoms with Gasteiger partial charge in [-0.05, 0) is 18.8 Å². The molecule has 9 heteroatoms. The maximum Gasteiger partial charge on any atom is 0.271 e. The second-order valence-corrected chi connectivity index (χ2v) is 7.83. The number of nitrogens with zero attached hydrogens (tertiary/aromatic N) is 3. The Morgan fingerprint density at radius 3 is 2.61 bits per heavy atom. The molecule has 2 N–H and O–H groups in total. The van der Waals surface area contributed by atoms with E-state index in [9.17, 15) is 13.2 Å². The summed E-state index contributed by atoms with van der Waals surface area (Å²) in [6, 6.07) is -0.118. The van der Waals surface area contributed by atoms with Gasteiger partial charge in [-0.25, -0.2) is 23.1 Å². The fraction of sp³-hybridized carbons (Fsp3) is 0.643. The van der Waals surface area contributed by atoms with E-state index >= 15 is 0 Å². The highest BCUT2D eigenvalue weighted by molar-refractivity contribution is 7.88. The van der Waals surface area contributed by atoms with E-state index in [2.05, 4.69) is 20.0 Å². The van der Waals surface area contributed by atoms with Crippen molar-refractivity contribution in [1.82, 2.24) is 20.0 Å². The normalized spacial score (nSPS) is 21.2. The average molecular weight is 341 g/mol. The van der Waals surface area contributed by atoms with Crippen molar-refractivity contribution in [3.8, 4) is 0 Å². The predicted octanol–water partition coefficient (Wildman–Crippen LogP) is -0.00970. The quantitative estimate of drug-likeness (QED) is 0.754. The number of nitrogens with one attached hydrogen (secondary N) is 2. The fourth-order valence-corrected chi connectivity index (χ4v) is 3.56. The van der Waals surface area contributed by atoms with Crippen LogP contribution in [0.2, 0.25) is 0 Å². The largest absolute Gasteiger partial charge is 0.361 e. The van der Waals surface area contributed by atoms with E-state index < -0.39 is 10.0 Å². The molecule has 23 heavy (non-hydrogen) atoms. The maximum absolute atomic E-state index is 12.1. The fourth-order valence-electron chi connectivity index (χ4n) is 2.70. The zero-order valence-electron chi connectivity index (χ0n) is 13.6. The van der Waals surface area contributed by atoms with Crippen molar-refractivity contribution in [3.63, 3.8) is 0 Å². The Kier molecular flexibility index (Phi) is 5.53. The summed E-state index contributed by atoms with van der Waals surface area (Å²) >= 11 is 0. The Bertz CT molecular complexity index is 645. The number of hydrogen-bond donors (Lipinski definition) is 2. The van der Waals surface area contributed by atoms with Crippen LogP contribution in [0.4, 0.5) is 5.82 Å². The summed E-state index contributed by atoms with van der Waals surface area (Å²) in [5, 5.41) is 2.82. The number of sulfonamides is 1. The third-order valence-electron chi connectivity index (χ3n) is 3.88. The third kappa shape index (κ3) is 5.14. The third-order valence-corrected chi connectivity index (χ3v) is 4.61. The summed E-state index contributed by atoms with van der Waals surface area (Å²) in [5.74, 6) is 0.477. The Balaban J connectivity index is 1.90. The van der Waals surface area contributed by atoms with Crippen LogP contribution in [0.1, 0.15) is 29.8 Å². The van der Waals surface area contributed by atoms with E-state index in [0.29, 0.717) is 12.4 Å². The summed E-state index contributed by atoms with van der Waals surface area (Å²) in [7, 11) is 0.458. The minimum atomic E-state index is -3.23. The van der Waals surface area contributed by atoms with Crippen LogP contribution in [0.25, 0.3) is 0 Å². The minimum absolute atomic E-state index is 0.0997. The molecule has 1 aromatic rings. The molecule has 0 aromatic carbocycles. The monoisotopic (exact) mass is 341 g/mol. The molecule has 1 aliphatic carbocycles. The number of rotatable bonds is 6. The van der Waals surface area contributed by atoms with Crippen LogP contribution in [-0.4, -0.2) is 57.2 Å². The summed E-state index contributed by atoms with van der Waals surface area (Å²) in [6.45, 7) is 0.420. The Morgan fingerprint density at radius 2 is 2.04 bits per heavy atom. The van der Waals surface area contributed by atoms with Gasteiger partial charge < -0.3 is 10.2 Å². The first-order valence-corrected chi connectivity index (χ1v) is 9.40. The molecule has 0 radical (unpaired) electrons. The number of hydrogen-bond acceptors (Lipinski definition) is 6. The average Bonchev–Trinajstić information content (AvgIpc) is 2.90. The van der Waals surface area contributed by atoms with Crippen LogP contribution in [0.15, 0.2) is 12.4 Å². The van der Waals surface area contributed by atoms with Crippen LogP contribution in [0, 0.1) is 5.92 Å². The lowest BCUT2D eigenvalue weighted by Crippen LogP contribution is -2.41. The van der Waals surface area contributed by atoms with E-state index in [1.807, 2.05) is 14.1 Å². The highest BCUT2D eigenvalue weighted by atomic mass is 32.2. The molecule has 1 aromatic heterocycles. The standard InChI is InChI=1S/C14H23N5O3S/c1-19(2)13-9-15-12(8-16-13)14(20)17-7-10-5-4-6-11(10)18-23(3,21)22/h8-11,18H,4-7H2,1-3H3,(H,17,20). The number of carbonyl (C=O) groups is 1. The first-order valence-electron chi connectivity index (χ1n) is 7.51. The molecule has 0 aliphatic heterocycles. The van der Waals surface area contributed by atoms with Gasteiger partial charge in [-0.15, -0.1) is 0 Å². The van der Waals surface area contributed by atoms with Crippen molar-refractivity contribution >= 4 is 21.7 Å². The van der Waals surface area contributed by atoms with Crippen molar-refractivity contribution in [2.24, 2.45) is 5.92 Å². The highest BCUT2D eigenvalue weighted by Crippen LogP contribution is 2.25. The van der Waals surface area contributed by atoms with E-state index in [1.165, 1.54) is 6.20 Å². The van der Waals surface area contributed by atoms with Gasteiger partial charge in [0.1, 0.15) is 11.5 Å². The molecule has 0 bridgehead atoms. The zero-order valence-corrected chi connectivity index (χ0v) is 14.4. The molecule has 1 amide bonds. The summed E-state index contributed by atoms with van der Waals surface area (Å²) in [4.78, 5) is 22.2. The molecular weight excluding hydrogens is 318 g/mol. The van der Waals surface area contributed by atoms with Crippen LogP contribution in [0.5, 0.6) is 0 Å². The second-order valence-electron chi connectivity index (χ2n) is 6.05. The molecule has 1 fully saturated rings. The van der Waals surface area contributed by atoms with Gasteiger partial charge in [0.05, 0.1) is 18.6 Å². The van der Waals surface area contributed by atoms with Gasteiger partial charge in [-0.3, -0.25) is 4.79 Å². The van der Waals surface area contributed by atoms with E-state index in [4.69, 9.17) is 0 Å². The lowest BCUT2D eigenvalue weighted by Gasteiger charge is -2.20. The lowest BCUT2D eigenvalue weighted by molar-refractivity contribution is 0.0941. The summed E-state index contributed by atoms with van der Waals surface area (Å²) < 4.78 is 25.4. The highest BCUT2D eigenvalue weighted by Gasteiger charge is 2.29. The Hall–Kier alpha value is -1.74. The molecule has 8 nitrogen and oxygen atoms in total. The van der Waals surface area contributed by atoms with Crippen LogP contribution in [-0.2, 0) is 10.0 Å². The van der Waals surface area contributed by atoms with Gasteiger partial charge in [-0.2, -0.15) is 0 Å². The Labute approximate surface area is 136 Å². The molecule has 2 atom stereocenters. The van der Waals surface area contributed by atoms with E-state index in [-0.39, 0.29) is 23.6 Å². The van der Waals surface area contributed by atoms with Gasteiger partial charge in [-0.1, -0.05) is 6.42 Å². The maximum atomic E-state index is 12.1. The number of amides is 1. The van der Waals surface area contributed by atoms with E-state index in [0.717, 1.165) is 25.5 Å². The summed E-state index contributed by atoms with van der Waals surface area (Å²) in [6.07, 6.45) is 6.77. The SMILES string of the molecule is CN(C)c1cnc(C(=O)NCC2CCCC2NS(C)(=O)=O)cn1. The van der Waals surface area contributed by atoms with Crippen molar-refractivity contribution in [3.05, 3.63) is 18.1 Å². The van der Waals surface area contributed by atoms with Gasteiger partial charge in [0.2, 0.25) is 10.0 Å². The Morgan fingerprint density at radius 1 is 1.30 bits per heavy atom. The predicted molar refractivity (Wildman–Crippen MR) is 87.8 cm³/mol. The van der Waals surface area contributed by atoms with Gasteiger partial charge in [0.15, 0.2) is 0 Å². The molecule has 0 saturated heterocycles. The molecular formula is C14H23N5O3S. The van der Waals surface area contributed by atoms with Crippen molar-refractivity contribution in [1.29, 1.82) is 0 Å². The minimum Gasteiger partial charge on any atom is -0.361 e. The smallest absolute Gasteiger partial charge is 0.271 e. The van der Waals surface area contributed by atoms with Crippen molar-refractivity contribution in [2.45, 2.75) is 25.3 Å². The van der Waals surface area contributed by atoms with Crippen molar-refractivity contribution in [2.75, 3.05) is 31.8 Å². The molecule has 1 saturated carbocycles. The number of carbonyl (C=O) groups excluding carboxylic acids is 1. The van der Waals surface area contributed by atoms with Crippen LogP contribution in [0.3, 0.4) is 0 Å². The van der Waals surface area contributed by atoms with Crippen molar-refractivity contribution < 1.29 is 13.2 Å². The van der Waals surface area contributed by atoms with Gasteiger partial charge in [0, 0.05) is 26.7 Å². The van der Waals surface area contributed by atoms with Crippen LogP contribution < -0.4 is 14.9 Å². The zero-order chi connectivity index (χ0) is 17.0.